The van der Waals surface area contributed by atoms with Crippen LogP contribution >= 0.6 is 0 Å². The molecule has 1 aromatic heterocycles. The Morgan fingerprint density at radius 3 is 2.36 bits per heavy atom. The van der Waals surface area contributed by atoms with Gasteiger partial charge in [0.2, 0.25) is 0 Å². The second-order valence-corrected chi connectivity index (χ2v) is 3.28. The van der Waals surface area contributed by atoms with Gasteiger partial charge in [-0.05, 0) is 24.5 Å². The van der Waals surface area contributed by atoms with Crippen LogP contribution in [0.4, 0.5) is 13.2 Å². The fraction of sp³-hybridized carbons (Fsp3) is 0.500. The first kappa shape index (κ1) is 11.0. The van der Waals surface area contributed by atoms with E-state index >= 15 is 0 Å². The second-order valence-electron chi connectivity index (χ2n) is 3.28. The minimum atomic E-state index is -4.29. The van der Waals surface area contributed by atoms with Gasteiger partial charge in [0.15, 0.2) is 0 Å². The normalized spacial score (nSPS) is 14.1. The zero-order valence-corrected chi connectivity index (χ0v) is 8.10. The van der Waals surface area contributed by atoms with E-state index in [4.69, 9.17) is 0 Å². The average molecular weight is 203 g/mol. The Labute approximate surface area is 81.0 Å². The van der Waals surface area contributed by atoms with Gasteiger partial charge < -0.3 is 0 Å². The highest BCUT2D eigenvalue weighted by atomic mass is 19.4. The number of pyridine rings is 1. The summed E-state index contributed by atoms with van der Waals surface area (Å²) in [6, 6.07) is 2.52. The van der Waals surface area contributed by atoms with Crippen LogP contribution in [-0.4, -0.2) is 4.98 Å². The molecular formula is C10H12F3N. The molecular weight excluding hydrogens is 191 g/mol. The minimum Gasteiger partial charge on any atom is -0.260 e. The molecule has 1 atom stereocenters. The molecule has 0 fully saturated rings. The monoisotopic (exact) mass is 203 g/mol. The molecule has 78 valence electrons. The van der Waals surface area contributed by atoms with E-state index in [1.54, 1.807) is 0 Å². The van der Waals surface area contributed by atoms with E-state index < -0.39 is 11.7 Å². The summed E-state index contributed by atoms with van der Waals surface area (Å²) in [6.07, 6.45) is -2.53. The molecule has 0 spiro atoms. The number of hydrogen-bond donors (Lipinski definition) is 0. The molecule has 0 bridgehead atoms. The molecule has 0 aliphatic heterocycles. The van der Waals surface area contributed by atoms with Gasteiger partial charge in [0.25, 0.3) is 0 Å². The number of halogens is 3. The maximum absolute atomic E-state index is 12.2. The van der Waals surface area contributed by atoms with Crippen molar-refractivity contribution in [1.29, 1.82) is 0 Å². The summed E-state index contributed by atoms with van der Waals surface area (Å²) in [6.45, 7) is 3.92. The summed E-state index contributed by atoms with van der Waals surface area (Å²) < 4.78 is 36.5. The Morgan fingerprint density at radius 2 is 2.00 bits per heavy atom. The van der Waals surface area contributed by atoms with E-state index in [1.165, 1.54) is 6.07 Å². The van der Waals surface area contributed by atoms with Crippen LogP contribution < -0.4 is 0 Å². The van der Waals surface area contributed by atoms with Crippen molar-refractivity contribution < 1.29 is 13.2 Å². The zero-order chi connectivity index (χ0) is 10.8. The zero-order valence-electron chi connectivity index (χ0n) is 8.10. The lowest BCUT2D eigenvalue weighted by molar-refractivity contribution is -0.137. The van der Waals surface area contributed by atoms with Crippen LogP contribution in [-0.2, 0) is 6.18 Å². The minimum absolute atomic E-state index is 0.206. The van der Waals surface area contributed by atoms with E-state index in [2.05, 4.69) is 4.98 Å². The number of aromatic nitrogens is 1. The standard InChI is InChI=1S/C10H12F3N/c1-3-7(2)9-5-4-8(6-14-9)10(11,12)13/h4-7H,3H2,1-2H3. The molecule has 0 N–H and O–H groups in total. The Hall–Kier alpha value is -1.06. The van der Waals surface area contributed by atoms with Crippen molar-refractivity contribution in [2.75, 3.05) is 0 Å². The van der Waals surface area contributed by atoms with E-state index in [1.807, 2.05) is 13.8 Å². The third-order valence-electron chi connectivity index (χ3n) is 2.23. The fourth-order valence-electron chi connectivity index (χ4n) is 1.07. The quantitative estimate of drug-likeness (QED) is 0.715. The van der Waals surface area contributed by atoms with Crippen molar-refractivity contribution in [3.8, 4) is 0 Å². The van der Waals surface area contributed by atoms with E-state index in [-0.39, 0.29) is 5.92 Å². The van der Waals surface area contributed by atoms with Crippen LogP contribution in [0.3, 0.4) is 0 Å². The highest BCUT2D eigenvalue weighted by Crippen LogP contribution is 2.29. The second kappa shape index (κ2) is 3.98. The molecule has 4 heteroatoms. The molecule has 1 aromatic rings. The molecule has 1 heterocycles. The molecule has 1 nitrogen and oxygen atoms in total. The fourth-order valence-corrected chi connectivity index (χ4v) is 1.07. The number of alkyl halides is 3. The molecule has 0 saturated heterocycles. The summed E-state index contributed by atoms with van der Waals surface area (Å²) in [5.74, 6) is 0.206. The first-order valence-corrected chi connectivity index (χ1v) is 4.48. The highest BCUT2D eigenvalue weighted by Gasteiger charge is 2.30. The third kappa shape index (κ3) is 2.47. The molecule has 0 aliphatic rings. The van der Waals surface area contributed by atoms with Crippen LogP contribution in [0.1, 0.15) is 37.4 Å². The lowest BCUT2D eigenvalue weighted by Gasteiger charge is -2.10. The number of nitrogens with zero attached hydrogens (tertiary/aromatic N) is 1. The smallest absolute Gasteiger partial charge is 0.260 e. The number of hydrogen-bond acceptors (Lipinski definition) is 1. The Bertz CT molecular complexity index is 289. The molecule has 0 aliphatic carbocycles. The predicted molar refractivity (Wildman–Crippen MR) is 47.9 cm³/mol. The van der Waals surface area contributed by atoms with E-state index in [0.29, 0.717) is 5.69 Å². The van der Waals surface area contributed by atoms with Gasteiger partial charge in [-0.1, -0.05) is 13.8 Å². The van der Waals surface area contributed by atoms with Crippen LogP contribution in [0.2, 0.25) is 0 Å². The van der Waals surface area contributed by atoms with Gasteiger partial charge in [-0.25, -0.2) is 0 Å². The molecule has 0 aromatic carbocycles. The van der Waals surface area contributed by atoms with Crippen LogP contribution in [0.15, 0.2) is 18.3 Å². The van der Waals surface area contributed by atoms with Crippen LogP contribution in [0.5, 0.6) is 0 Å². The summed E-state index contributed by atoms with van der Waals surface area (Å²) in [5.41, 5.74) is 0.0186. The summed E-state index contributed by atoms with van der Waals surface area (Å²) in [5, 5.41) is 0. The Balaban J connectivity index is 2.89. The predicted octanol–water partition coefficient (Wildman–Crippen LogP) is 3.61. The summed E-state index contributed by atoms with van der Waals surface area (Å²) in [7, 11) is 0. The molecule has 0 radical (unpaired) electrons. The van der Waals surface area contributed by atoms with Gasteiger partial charge in [0.05, 0.1) is 5.56 Å². The van der Waals surface area contributed by atoms with Gasteiger partial charge in [-0.3, -0.25) is 4.98 Å². The lowest BCUT2D eigenvalue weighted by atomic mass is 10.0. The number of rotatable bonds is 2. The molecule has 0 saturated carbocycles. The van der Waals surface area contributed by atoms with Crippen LogP contribution in [0.25, 0.3) is 0 Å². The van der Waals surface area contributed by atoms with Crippen molar-refractivity contribution in [3.63, 3.8) is 0 Å². The molecule has 1 unspecified atom stereocenters. The van der Waals surface area contributed by atoms with Gasteiger partial charge in [0, 0.05) is 11.9 Å². The first-order chi connectivity index (χ1) is 6.45. The topological polar surface area (TPSA) is 12.9 Å². The van der Waals surface area contributed by atoms with Crippen molar-refractivity contribution in [1.82, 2.24) is 4.98 Å². The van der Waals surface area contributed by atoms with Gasteiger partial charge in [-0.15, -0.1) is 0 Å². The molecule has 1 rings (SSSR count). The maximum atomic E-state index is 12.2. The van der Waals surface area contributed by atoms with Crippen molar-refractivity contribution in [3.05, 3.63) is 29.6 Å². The summed E-state index contributed by atoms with van der Waals surface area (Å²) in [4.78, 5) is 3.80. The Kier molecular flexibility index (Phi) is 3.13. The maximum Gasteiger partial charge on any atom is 0.417 e. The summed E-state index contributed by atoms with van der Waals surface area (Å²) >= 11 is 0. The highest BCUT2D eigenvalue weighted by molar-refractivity contribution is 5.18. The van der Waals surface area contributed by atoms with Gasteiger partial charge >= 0.3 is 6.18 Å². The largest absolute Gasteiger partial charge is 0.417 e. The molecule has 0 amide bonds. The van der Waals surface area contributed by atoms with E-state index in [0.717, 1.165) is 18.7 Å². The van der Waals surface area contributed by atoms with Crippen molar-refractivity contribution in [2.45, 2.75) is 32.4 Å². The van der Waals surface area contributed by atoms with Gasteiger partial charge in [-0.2, -0.15) is 13.2 Å². The van der Waals surface area contributed by atoms with Gasteiger partial charge in [0.1, 0.15) is 0 Å². The van der Waals surface area contributed by atoms with Crippen LogP contribution in [0, 0.1) is 0 Å². The van der Waals surface area contributed by atoms with Crippen molar-refractivity contribution in [2.24, 2.45) is 0 Å². The van der Waals surface area contributed by atoms with Crippen molar-refractivity contribution >= 4 is 0 Å². The SMILES string of the molecule is CCC(C)c1ccc(C(F)(F)F)cn1. The Morgan fingerprint density at radius 1 is 1.36 bits per heavy atom. The van der Waals surface area contributed by atoms with E-state index in [9.17, 15) is 13.2 Å². The average Bonchev–Trinajstić information content (AvgIpc) is 2.15. The molecule has 14 heavy (non-hydrogen) atoms. The third-order valence-corrected chi connectivity index (χ3v) is 2.23. The first-order valence-electron chi connectivity index (χ1n) is 4.48. The lowest BCUT2D eigenvalue weighted by Crippen LogP contribution is -2.06.